The molecule has 9 heteroatoms. The van der Waals surface area contributed by atoms with E-state index >= 15 is 0 Å². The van der Waals surface area contributed by atoms with E-state index in [1.807, 2.05) is 0 Å². The molecular weight excluding hydrogens is 275 g/mol. The summed E-state index contributed by atoms with van der Waals surface area (Å²) in [5.41, 5.74) is -0.409. The third-order valence-corrected chi connectivity index (χ3v) is 1.92. The maximum Gasteiger partial charge on any atom is 0.463 e. The molecule has 0 saturated heterocycles. The molecule has 0 unspecified atom stereocenters. The highest BCUT2D eigenvalue weighted by atomic mass is 19.4. The SMILES string of the molecule is O=C=Nc1cccc(NC(=O)C(F)(F)C(F)(F)F)c1. The summed E-state index contributed by atoms with van der Waals surface area (Å²) in [7, 11) is 0. The predicted molar refractivity (Wildman–Crippen MR) is 53.9 cm³/mol. The third kappa shape index (κ3) is 3.35. The zero-order chi connectivity index (χ0) is 14.7. The van der Waals surface area contributed by atoms with Crippen LogP contribution < -0.4 is 5.32 Å². The Morgan fingerprint density at radius 3 is 2.37 bits per heavy atom. The second kappa shape index (κ2) is 5.15. The first-order chi connectivity index (χ1) is 8.68. The van der Waals surface area contributed by atoms with Gasteiger partial charge >= 0.3 is 18.0 Å². The van der Waals surface area contributed by atoms with Crippen molar-refractivity contribution in [2.75, 3.05) is 5.32 Å². The van der Waals surface area contributed by atoms with E-state index in [0.29, 0.717) is 0 Å². The number of hydrogen-bond acceptors (Lipinski definition) is 3. The minimum Gasteiger partial charge on any atom is -0.320 e. The monoisotopic (exact) mass is 280 g/mol. The van der Waals surface area contributed by atoms with E-state index in [0.717, 1.165) is 18.2 Å². The molecule has 4 nitrogen and oxygen atoms in total. The number of benzene rings is 1. The van der Waals surface area contributed by atoms with E-state index in [-0.39, 0.29) is 11.4 Å². The summed E-state index contributed by atoms with van der Waals surface area (Å²) >= 11 is 0. The van der Waals surface area contributed by atoms with Crippen molar-refractivity contribution in [1.29, 1.82) is 0 Å². The molecule has 0 fully saturated rings. The van der Waals surface area contributed by atoms with Crippen molar-refractivity contribution in [1.82, 2.24) is 0 Å². The van der Waals surface area contributed by atoms with Gasteiger partial charge in [-0.2, -0.15) is 26.9 Å². The highest BCUT2D eigenvalue weighted by molar-refractivity contribution is 5.97. The number of nitrogens with one attached hydrogen (secondary N) is 1. The Balaban J connectivity index is 2.94. The minimum absolute atomic E-state index is 0.0527. The standard InChI is InChI=1S/C10H5F5N2O2/c11-9(12,10(13,14)15)8(19)17-7-3-1-2-6(4-7)16-5-18/h1-4H,(H,17,19). The van der Waals surface area contributed by atoms with Gasteiger partial charge in [-0.15, -0.1) is 0 Å². The molecule has 0 aromatic heterocycles. The van der Waals surface area contributed by atoms with Crippen molar-refractivity contribution in [2.45, 2.75) is 12.1 Å². The van der Waals surface area contributed by atoms with Gasteiger partial charge in [0, 0.05) is 5.69 Å². The molecule has 1 aromatic carbocycles. The van der Waals surface area contributed by atoms with Crippen LogP contribution in [0.4, 0.5) is 33.3 Å². The van der Waals surface area contributed by atoms with Gasteiger partial charge in [0.25, 0.3) is 0 Å². The van der Waals surface area contributed by atoms with Crippen LogP contribution in [0.2, 0.25) is 0 Å². The average Bonchev–Trinajstić information content (AvgIpc) is 2.28. The number of amides is 1. The van der Waals surface area contributed by atoms with Crippen LogP contribution in [0.1, 0.15) is 0 Å². The molecule has 0 aliphatic rings. The van der Waals surface area contributed by atoms with Gasteiger partial charge in [0.1, 0.15) is 0 Å². The number of halogens is 5. The van der Waals surface area contributed by atoms with Crippen LogP contribution in [0, 0.1) is 0 Å². The van der Waals surface area contributed by atoms with E-state index in [4.69, 9.17) is 0 Å². The smallest absolute Gasteiger partial charge is 0.320 e. The van der Waals surface area contributed by atoms with Crippen molar-refractivity contribution in [3.63, 3.8) is 0 Å². The van der Waals surface area contributed by atoms with Gasteiger partial charge in [-0.25, -0.2) is 4.79 Å². The summed E-state index contributed by atoms with van der Waals surface area (Å²) in [4.78, 5) is 23.9. The maximum absolute atomic E-state index is 12.6. The van der Waals surface area contributed by atoms with E-state index in [2.05, 4.69) is 4.99 Å². The summed E-state index contributed by atoms with van der Waals surface area (Å²) in [6.45, 7) is 0. The molecule has 1 amide bonds. The van der Waals surface area contributed by atoms with Gasteiger partial charge in [-0.05, 0) is 18.2 Å². The fourth-order valence-electron chi connectivity index (χ4n) is 1.04. The van der Waals surface area contributed by atoms with Crippen LogP contribution in [-0.2, 0) is 9.59 Å². The molecular formula is C10H5F5N2O2. The van der Waals surface area contributed by atoms with Gasteiger partial charge in [0.05, 0.1) is 5.69 Å². The summed E-state index contributed by atoms with van der Waals surface area (Å²) in [6, 6.07) is 4.48. The molecule has 0 radical (unpaired) electrons. The molecule has 0 atom stereocenters. The molecule has 0 heterocycles. The van der Waals surface area contributed by atoms with Gasteiger partial charge in [0.2, 0.25) is 6.08 Å². The minimum atomic E-state index is -5.99. The quantitative estimate of drug-likeness (QED) is 0.526. The average molecular weight is 280 g/mol. The Bertz CT molecular complexity index is 535. The van der Waals surface area contributed by atoms with Gasteiger partial charge in [0.15, 0.2) is 0 Å². The van der Waals surface area contributed by atoms with Gasteiger partial charge in [-0.1, -0.05) is 6.07 Å². The van der Waals surface area contributed by atoms with Crippen molar-refractivity contribution < 1.29 is 31.5 Å². The molecule has 0 saturated carbocycles. The van der Waals surface area contributed by atoms with Crippen molar-refractivity contribution in [2.24, 2.45) is 4.99 Å². The highest BCUT2D eigenvalue weighted by Crippen LogP contribution is 2.36. The van der Waals surface area contributed by atoms with Crippen LogP contribution in [0.3, 0.4) is 0 Å². The lowest BCUT2D eigenvalue weighted by Crippen LogP contribution is -2.47. The Kier molecular flexibility index (Phi) is 4.01. The Hall–Kier alpha value is -2.28. The first-order valence-corrected chi connectivity index (χ1v) is 4.62. The molecule has 1 rings (SSSR count). The van der Waals surface area contributed by atoms with Crippen LogP contribution in [-0.4, -0.2) is 24.1 Å². The third-order valence-electron chi connectivity index (χ3n) is 1.92. The number of nitrogens with zero attached hydrogens (tertiary/aromatic N) is 1. The van der Waals surface area contributed by atoms with Gasteiger partial charge in [-0.3, -0.25) is 4.79 Å². The number of carbonyl (C=O) groups excluding carboxylic acids is 2. The second-order valence-electron chi connectivity index (χ2n) is 3.28. The second-order valence-corrected chi connectivity index (χ2v) is 3.28. The summed E-state index contributed by atoms with van der Waals surface area (Å²) < 4.78 is 61.0. The highest BCUT2D eigenvalue weighted by Gasteiger charge is 2.63. The lowest BCUT2D eigenvalue weighted by Gasteiger charge is -2.18. The first kappa shape index (κ1) is 14.8. The number of rotatable bonds is 3. The zero-order valence-corrected chi connectivity index (χ0v) is 8.96. The molecule has 0 aliphatic heterocycles. The Morgan fingerprint density at radius 2 is 1.84 bits per heavy atom. The summed E-state index contributed by atoms with van der Waals surface area (Å²) in [5.74, 6) is -8.04. The van der Waals surface area contributed by atoms with E-state index in [1.165, 1.54) is 17.4 Å². The lowest BCUT2D eigenvalue weighted by molar-refractivity contribution is -0.267. The number of alkyl halides is 5. The normalized spacial score (nSPS) is 11.6. The first-order valence-electron chi connectivity index (χ1n) is 4.62. The predicted octanol–water partition coefficient (Wildman–Crippen LogP) is 2.79. The van der Waals surface area contributed by atoms with Gasteiger partial charge < -0.3 is 5.32 Å². The molecule has 102 valence electrons. The van der Waals surface area contributed by atoms with E-state index in [1.54, 1.807) is 0 Å². The molecule has 0 aliphatic carbocycles. The zero-order valence-electron chi connectivity index (χ0n) is 8.96. The lowest BCUT2D eigenvalue weighted by atomic mass is 10.2. The maximum atomic E-state index is 12.6. The van der Waals surface area contributed by atoms with Crippen LogP contribution in [0.15, 0.2) is 29.3 Å². The van der Waals surface area contributed by atoms with E-state index < -0.39 is 18.0 Å². The largest absolute Gasteiger partial charge is 0.463 e. The Morgan fingerprint density at radius 1 is 1.21 bits per heavy atom. The van der Waals surface area contributed by atoms with Crippen LogP contribution in [0.5, 0.6) is 0 Å². The number of anilines is 1. The topological polar surface area (TPSA) is 58.5 Å². The van der Waals surface area contributed by atoms with Crippen molar-refractivity contribution in [3.8, 4) is 0 Å². The van der Waals surface area contributed by atoms with Crippen LogP contribution >= 0.6 is 0 Å². The van der Waals surface area contributed by atoms with Crippen LogP contribution in [0.25, 0.3) is 0 Å². The van der Waals surface area contributed by atoms with Crippen molar-refractivity contribution in [3.05, 3.63) is 24.3 Å². The van der Waals surface area contributed by atoms with E-state index in [9.17, 15) is 31.5 Å². The fourth-order valence-corrected chi connectivity index (χ4v) is 1.04. The summed E-state index contributed by atoms with van der Waals surface area (Å²) in [6.07, 6.45) is -4.84. The molecule has 1 N–H and O–H groups in total. The molecule has 19 heavy (non-hydrogen) atoms. The number of carbonyl (C=O) groups is 1. The number of isocyanates is 1. The summed E-state index contributed by atoms with van der Waals surface area (Å²) in [5, 5.41) is 1.39. The molecule has 0 spiro atoms. The Labute approximate surface area is 102 Å². The molecule has 1 aromatic rings. The number of hydrogen-bond donors (Lipinski definition) is 1. The fraction of sp³-hybridized carbons (Fsp3) is 0.200. The van der Waals surface area contributed by atoms with Crippen molar-refractivity contribution >= 4 is 23.4 Å². The molecule has 0 bridgehead atoms. The number of aliphatic imine (C=N–C) groups is 1.